The van der Waals surface area contributed by atoms with Crippen molar-refractivity contribution in [2.75, 3.05) is 29.9 Å². The van der Waals surface area contributed by atoms with Crippen molar-refractivity contribution in [1.82, 2.24) is 4.90 Å². The molecule has 3 nitrogen and oxygen atoms in total. The Balaban J connectivity index is 1.67. The molecule has 1 N–H and O–H groups in total. The van der Waals surface area contributed by atoms with E-state index in [2.05, 4.69) is 41.4 Å². The molecule has 2 aromatic carbocycles. The van der Waals surface area contributed by atoms with Gasteiger partial charge in [0.15, 0.2) is 5.11 Å². The van der Waals surface area contributed by atoms with E-state index in [1.807, 2.05) is 11.8 Å². The summed E-state index contributed by atoms with van der Waals surface area (Å²) in [4.78, 5) is 4.22. The number of piperazine rings is 1. The van der Waals surface area contributed by atoms with E-state index in [1.165, 1.54) is 17.7 Å². The van der Waals surface area contributed by atoms with Gasteiger partial charge < -0.3 is 15.1 Å². The third-order valence-electron chi connectivity index (χ3n) is 4.75. The van der Waals surface area contributed by atoms with Crippen molar-refractivity contribution in [1.29, 1.82) is 0 Å². The molecule has 2 aromatic rings. The van der Waals surface area contributed by atoms with E-state index in [0.717, 1.165) is 18.3 Å². The van der Waals surface area contributed by atoms with Crippen LogP contribution in [0.25, 0.3) is 0 Å². The molecular formula is C20H22F3N3S. The van der Waals surface area contributed by atoms with Crippen LogP contribution < -0.4 is 10.2 Å². The summed E-state index contributed by atoms with van der Waals surface area (Å²) in [5.41, 5.74) is 1.63. The molecule has 0 unspecified atom stereocenters. The number of thiocarbonyl (C=S) groups is 1. The van der Waals surface area contributed by atoms with E-state index in [-0.39, 0.29) is 11.7 Å². The van der Waals surface area contributed by atoms with Crippen molar-refractivity contribution in [3.05, 3.63) is 59.7 Å². The third-order valence-corrected chi connectivity index (χ3v) is 5.11. The number of benzene rings is 2. The maximum atomic E-state index is 13.2. The molecule has 3 rings (SSSR count). The highest BCUT2D eigenvalue weighted by molar-refractivity contribution is 7.80. The Bertz CT molecular complexity index is 805. The summed E-state index contributed by atoms with van der Waals surface area (Å²) in [6, 6.07) is 13.9. The van der Waals surface area contributed by atoms with Crippen LogP contribution in [0.2, 0.25) is 0 Å². The van der Waals surface area contributed by atoms with Crippen LogP contribution in [0.3, 0.4) is 0 Å². The molecule has 7 heteroatoms. The number of para-hydroxylation sites is 1. The fourth-order valence-corrected chi connectivity index (χ4v) is 3.57. The van der Waals surface area contributed by atoms with Crippen molar-refractivity contribution in [2.45, 2.75) is 26.1 Å². The summed E-state index contributed by atoms with van der Waals surface area (Å²) in [5, 5.41) is 3.11. The van der Waals surface area contributed by atoms with Crippen molar-refractivity contribution in [2.24, 2.45) is 0 Å². The van der Waals surface area contributed by atoms with Gasteiger partial charge in [0, 0.05) is 31.4 Å². The molecule has 1 heterocycles. The van der Waals surface area contributed by atoms with Gasteiger partial charge in [-0.05, 0) is 50.3 Å². The first-order chi connectivity index (χ1) is 12.8. The molecule has 0 aliphatic carbocycles. The van der Waals surface area contributed by atoms with E-state index in [0.29, 0.717) is 18.2 Å². The Hall–Kier alpha value is -2.28. The van der Waals surface area contributed by atoms with Crippen LogP contribution >= 0.6 is 12.2 Å². The number of hydrogen-bond donors (Lipinski definition) is 1. The Morgan fingerprint density at radius 1 is 1.07 bits per heavy atom. The lowest BCUT2D eigenvalue weighted by atomic mass is 10.1. The number of hydrogen-bond acceptors (Lipinski definition) is 2. The average molecular weight is 393 g/mol. The van der Waals surface area contributed by atoms with Crippen LogP contribution in [-0.4, -0.2) is 35.7 Å². The normalized spacial score (nSPS) is 17.7. The van der Waals surface area contributed by atoms with Crippen LogP contribution in [0.1, 0.15) is 18.1 Å². The highest BCUT2D eigenvalue weighted by Gasteiger charge is 2.34. The first-order valence-electron chi connectivity index (χ1n) is 8.81. The Morgan fingerprint density at radius 3 is 2.37 bits per heavy atom. The van der Waals surface area contributed by atoms with Crippen LogP contribution in [-0.2, 0) is 6.18 Å². The molecule has 0 aromatic heterocycles. The van der Waals surface area contributed by atoms with Gasteiger partial charge in [0.05, 0.1) is 11.3 Å². The van der Waals surface area contributed by atoms with Crippen molar-refractivity contribution >= 4 is 28.7 Å². The maximum absolute atomic E-state index is 13.2. The summed E-state index contributed by atoms with van der Waals surface area (Å²) >= 11 is 5.39. The topological polar surface area (TPSA) is 18.5 Å². The van der Waals surface area contributed by atoms with Gasteiger partial charge in [-0.15, -0.1) is 0 Å². The highest BCUT2D eigenvalue weighted by Crippen LogP contribution is 2.34. The fraction of sp³-hybridized carbons (Fsp3) is 0.350. The Kier molecular flexibility index (Phi) is 5.60. The molecule has 0 bridgehead atoms. The van der Waals surface area contributed by atoms with E-state index in [1.54, 1.807) is 6.07 Å². The monoisotopic (exact) mass is 393 g/mol. The predicted molar refractivity (Wildman–Crippen MR) is 107 cm³/mol. The molecule has 1 fully saturated rings. The fourth-order valence-electron chi connectivity index (χ4n) is 3.30. The molecule has 1 saturated heterocycles. The van der Waals surface area contributed by atoms with Crippen molar-refractivity contribution in [3.63, 3.8) is 0 Å². The smallest absolute Gasteiger partial charge is 0.365 e. The van der Waals surface area contributed by atoms with Gasteiger partial charge in [-0.25, -0.2) is 0 Å². The zero-order chi connectivity index (χ0) is 19.6. The standard InChI is InChI=1S/C20H22F3N3S/c1-14-7-9-16(10-8-14)26-12-11-25(13-15(26)2)19(27)24-18-6-4-3-5-17(18)20(21,22)23/h3-10,15H,11-13H2,1-2H3,(H,24,27)/t15-/m1/s1. The second kappa shape index (κ2) is 7.76. The summed E-state index contributed by atoms with van der Waals surface area (Å²) in [5.74, 6) is 0. The zero-order valence-electron chi connectivity index (χ0n) is 15.3. The molecule has 0 saturated carbocycles. The summed E-state index contributed by atoms with van der Waals surface area (Å²) < 4.78 is 39.5. The number of anilines is 2. The Labute approximate surface area is 162 Å². The molecule has 1 atom stereocenters. The van der Waals surface area contributed by atoms with Crippen LogP contribution in [0.5, 0.6) is 0 Å². The molecule has 27 heavy (non-hydrogen) atoms. The number of nitrogens with one attached hydrogen (secondary N) is 1. The second-order valence-electron chi connectivity index (χ2n) is 6.80. The number of aryl methyl sites for hydroxylation is 1. The highest BCUT2D eigenvalue weighted by atomic mass is 32.1. The lowest BCUT2D eigenvalue weighted by molar-refractivity contribution is -0.136. The number of halogens is 3. The molecular weight excluding hydrogens is 371 g/mol. The molecule has 0 spiro atoms. The quantitative estimate of drug-likeness (QED) is 0.730. The van der Waals surface area contributed by atoms with Gasteiger partial charge in [-0.2, -0.15) is 13.2 Å². The van der Waals surface area contributed by atoms with Gasteiger partial charge >= 0.3 is 6.18 Å². The van der Waals surface area contributed by atoms with E-state index >= 15 is 0 Å². The molecule has 0 radical (unpaired) electrons. The summed E-state index contributed by atoms with van der Waals surface area (Å²) in [7, 11) is 0. The van der Waals surface area contributed by atoms with Crippen LogP contribution in [0.4, 0.5) is 24.5 Å². The number of rotatable bonds is 2. The molecule has 0 amide bonds. The third kappa shape index (κ3) is 4.53. The molecule has 1 aliphatic rings. The predicted octanol–water partition coefficient (Wildman–Crippen LogP) is 4.92. The molecule has 144 valence electrons. The lowest BCUT2D eigenvalue weighted by Crippen LogP contribution is -2.54. The van der Waals surface area contributed by atoms with Gasteiger partial charge in [-0.1, -0.05) is 29.8 Å². The minimum absolute atomic E-state index is 0.0105. The average Bonchev–Trinajstić information content (AvgIpc) is 2.62. The second-order valence-corrected chi connectivity index (χ2v) is 7.18. The minimum atomic E-state index is -4.42. The lowest BCUT2D eigenvalue weighted by Gasteiger charge is -2.42. The molecule has 1 aliphatic heterocycles. The van der Waals surface area contributed by atoms with E-state index < -0.39 is 11.7 Å². The Morgan fingerprint density at radius 2 is 1.74 bits per heavy atom. The summed E-state index contributed by atoms with van der Waals surface area (Å²) in [6.07, 6.45) is -4.42. The first-order valence-corrected chi connectivity index (χ1v) is 9.22. The van der Waals surface area contributed by atoms with Gasteiger partial charge in [-0.3, -0.25) is 0 Å². The maximum Gasteiger partial charge on any atom is 0.418 e. The van der Waals surface area contributed by atoms with Gasteiger partial charge in [0.1, 0.15) is 0 Å². The minimum Gasteiger partial charge on any atom is -0.365 e. The first kappa shape index (κ1) is 19.5. The zero-order valence-corrected chi connectivity index (χ0v) is 16.1. The number of alkyl halides is 3. The van der Waals surface area contributed by atoms with Gasteiger partial charge in [0.25, 0.3) is 0 Å². The van der Waals surface area contributed by atoms with Crippen LogP contribution in [0, 0.1) is 6.92 Å². The van der Waals surface area contributed by atoms with Gasteiger partial charge in [0.2, 0.25) is 0 Å². The summed E-state index contributed by atoms with van der Waals surface area (Å²) in [6.45, 7) is 6.20. The number of nitrogens with zero attached hydrogens (tertiary/aromatic N) is 2. The van der Waals surface area contributed by atoms with Crippen molar-refractivity contribution < 1.29 is 13.2 Å². The van der Waals surface area contributed by atoms with Crippen LogP contribution in [0.15, 0.2) is 48.5 Å². The largest absolute Gasteiger partial charge is 0.418 e. The van der Waals surface area contributed by atoms with Crippen molar-refractivity contribution in [3.8, 4) is 0 Å². The SMILES string of the molecule is Cc1ccc(N2CCN(C(=S)Nc3ccccc3C(F)(F)F)C[C@H]2C)cc1. The van der Waals surface area contributed by atoms with E-state index in [9.17, 15) is 13.2 Å². The van der Waals surface area contributed by atoms with E-state index in [4.69, 9.17) is 12.2 Å².